The third-order valence-electron chi connectivity index (χ3n) is 5.59. The number of aromatic hydroxyl groups is 1. The van der Waals surface area contributed by atoms with E-state index in [2.05, 4.69) is 31.8 Å². The number of hydrogen-bond donors (Lipinski definition) is 3. The van der Waals surface area contributed by atoms with E-state index in [-0.39, 0.29) is 30.0 Å². The fraction of sp³-hybridized carbons (Fsp3) is 0.550. The van der Waals surface area contributed by atoms with Crippen molar-refractivity contribution in [3.05, 3.63) is 40.5 Å². The van der Waals surface area contributed by atoms with E-state index in [1.165, 1.54) is 24.0 Å². The fourth-order valence-electron chi connectivity index (χ4n) is 4.20. The number of hydrogen-bond acceptors (Lipinski definition) is 4. The Kier molecular flexibility index (Phi) is 6.79. The van der Waals surface area contributed by atoms with Gasteiger partial charge in [0.05, 0.1) is 6.54 Å². The highest BCUT2D eigenvalue weighted by atomic mass is 127. The second-order valence-corrected chi connectivity index (χ2v) is 7.47. The molecule has 1 aromatic heterocycles. The quantitative estimate of drug-likeness (QED) is 0.346. The molecule has 4 rings (SSSR count). The van der Waals surface area contributed by atoms with Crippen LogP contribution in [0.15, 0.2) is 17.1 Å². The Bertz CT molecular complexity index is 863. The van der Waals surface area contributed by atoms with Crippen LogP contribution in [-0.2, 0) is 32.4 Å². The maximum Gasteiger partial charge on any atom is 0.191 e. The fourth-order valence-corrected chi connectivity index (χ4v) is 4.20. The van der Waals surface area contributed by atoms with E-state index in [4.69, 9.17) is 0 Å². The highest BCUT2D eigenvalue weighted by Gasteiger charge is 2.22. The van der Waals surface area contributed by atoms with Gasteiger partial charge >= 0.3 is 0 Å². The summed E-state index contributed by atoms with van der Waals surface area (Å²) in [7, 11) is 1.78. The van der Waals surface area contributed by atoms with E-state index >= 15 is 0 Å². The first-order chi connectivity index (χ1) is 13.1. The van der Waals surface area contributed by atoms with Gasteiger partial charge in [-0.3, -0.25) is 4.99 Å². The van der Waals surface area contributed by atoms with Crippen molar-refractivity contribution < 1.29 is 5.11 Å². The van der Waals surface area contributed by atoms with Gasteiger partial charge in [0.1, 0.15) is 17.4 Å². The molecule has 8 heteroatoms. The number of nitrogens with zero attached hydrogens (tertiary/aromatic N) is 4. The summed E-state index contributed by atoms with van der Waals surface area (Å²) in [6.07, 6.45) is 6.51. The molecule has 7 nitrogen and oxygen atoms in total. The number of aryl methyl sites for hydroxylation is 3. The molecule has 0 saturated carbocycles. The molecule has 3 N–H and O–H groups in total. The first-order valence-electron chi connectivity index (χ1n) is 9.84. The summed E-state index contributed by atoms with van der Waals surface area (Å²) >= 11 is 0. The molecule has 28 heavy (non-hydrogen) atoms. The number of fused-ring (bicyclic) bond motifs is 2. The summed E-state index contributed by atoms with van der Waals surface area (Å²) in [5, 5.41) is 21.7. The van der Waals surface area contributed by atoms with Crippen LogP contribution in [-0.4, -0.2) is 38.9 Å². The van der Waals surface area contributed by atoms with Crippen molar-refractivity contribution in [2.75, 3.05) is 7.05 Å². The topological polar surface area (TPSA) is 87.4 Å². The van der Waals surface area contributed by atoms with Crippen molar-refractivity contribution in [3.8, 4) is 5.75 Å². The summed E-state index contributed by atoms with van der Waals surface area (Å²) in [5.41, 5.74) is 3.69. The zero-order chi connectivity index (χ0) is 18.8. The average molecular weight is 496 g/mol. The molecule has 0 spiro atoms. The largest absolute Gasteiger partial charge is 0.508 e. The molecular weight excluding hydrogens is 467 g/mol. The Hall–Kier alpha value is -1.84. The van der Waals surface area contributed by atoms with Gasteiger partial charge in [0, 0.05) is 31.6 Å². The Labute approximate surface area is 183 Å². The average Bonchev–Trinajstić information content (AvgIpc) is 3.05. The van der Waals surface area contributed by atoms with Crippen LogP contribution in [0.25, 0.3) is 0 Å². The monoisotopic (exact) mass is 496 g/mol. The summed E-state index contributed by atoms with van der Waals surface area (Å²) < 4.78 is 1.99. The molecule has 0 amide bonds. The molecular formula is C20H29IN6O. The van der Waals surface area contributed by atoms with Gasteiger partial charge in [0.15, 0.2) is 5.96 Å². The van der Waals surface area contributed by atoms with Gasteiger partial charge < -0.3 is 15.7 Å². The third kappa shape index (κ3) is 4.42. The van der Waals surface area contributed by atoms with E-state index in [1.807, 2.05) is 17.7 Å². The van der Waals surface area contributed by atoms with Crippen LogP contribution >= 0.6 is 24.0 Å². The van der Waals surface area contributed by atoms with Crippen LogP contribution in [0.3, 0.4) is 0 Å². The highest BCUT2D eigenvalue weighted by molar-refractivity contribution is 14.0. The number of nitrogens with one attached hydrogen (secondary N) is 2. The van der Waals surface area contributed by atoms with E-state index in [0.717, 1.165) is 55.4 Å². The lowest BCUT2D eigenvalue weighted by atomic mass is 9.88. The highest BCUT2D eigenvalue weighted by Crippen LogP contribution is 2.30. The van der Waals surface area contributed by atoms with Crippen LogP contribution in [0.1, 0.15) is 47.6 Å². The molecule has 1 aliphatic carbocycles. The molecule has 2 aliphatic rings. The minimum absolute atomic E-state index is 0. The molecule has 0 saturated heterocycles. The SMILES string of the molecule is CN=C(NCc1c(O)ccc2c1CCCC2)NC1CCc2nc(C)nn2C1.I. The molecule has 2 aromatic rings. The Balaban J connectivity index is 0.00000225. The van der Waals surface area contributed by atoms with Gasteiger partial charge in [-0.05, 0) is 56.2 Å². The van der Waals surface area contributed by atoms with Gasteiger partial charge in [-0.2, -0.15) is 5.10 Å². The predicted molar refractivity (Wildman–Crippen MR) is 120 cm³/mol. The number of guanidine groups is 1. The lowest BCUT2D eigenvalue weighted by Gasteiger charge is -2.26. The Morgan fingerprint density at radius 2 is 2.11 bits per heavy atom. The van der Waals surface area contributed by atoms with E-state index in [9.17, 15) is 5.11 Å². The lowest BCUT2D eigenvalue weighted by Crippen LogP contribution is -2.46. The Morgan fingerprint density at radius 3 is 2.93 bits per heavy atom. The van der Waals surface area contributed by atoms with Crippen molar-refractivity contribution >= 4 is 29.9 Å². The number of aromatic nitrogens is 3. The van der Waals surface area contributed by atoms with Crippen molar-refractivity contribution in [2.24, 2.45) is 4.99 Å². The maximum absolute atomic E-state index is 10.4. The van der Waals surface area contributed by atoms with Crippen LogP contribution < -0.4 is 10.6 Å². The molecule has 0 radical (unpaired) electrons. The maximum atomic E-state index is 10.4. The summed E-state index contributed by atoms with van der Waals surface area (Å²) in [6, 6.07) is 4.16. The number of rotatable bonds is 3. The number of phenols is 1. The predicted octanol–water partition coefficient (Wildman–Crippen LogP) is 2.47. The second-order valence-electron chi connectivity index (χ2n) is 7.47. The third-order valence-corrected chi connectivity index (χ3v) is 5.59. The first kappa shape index (κ1) is 20.9. The molecule has 1 unspecified atom stereocenters. The summed E-state index contributed by atoms with van der Waals surface area (Å²) in [4.78, 5) is 8.83. The molecule has 1 atom stereocenters. The number of halogens is 1. The van der Waals surface area contributed by atoms with Crippen LogP contribution in [0.5, 0.6) is 5.75 Å². The van der Waals surface area contributed by atoms with Crippen LogP contribution in [0.2, 0.25) is 0 Å². The van der Waals surface area contributed by atoms with Crippen molar-refractivity contribution in [2.45, 2.75) is 64.6 Å². The van der Waals surface area contributed by atoms with Gasteiger partial charge in [0.2, 0.25) is 0 Å². The van der Waals surface area contributed by atoms with Crippen molar-refractivity contribution in [3.63, 3.8) is 0 Å². The van der Waals surface area contributed by atoms with E-state index < -0.39 is 0 Å². The summed E-state index contributed by atoms with van der Waals surface area (Å²) in [6.45, 7) is 3.30. The second kappa shape index (κ2) is 9.11. The zero-order valence-electron chi connectivity index (χ0n) is 16.5. The van der Waals surface area contributed by atoms with E-state index in [0.29, 0.717) is 12.3 Å². The number of benzene rings is 1. The van der Waals surface area contributed by atoms with Crippen LogP contribution in [0.4, 0.5) is 0 Å². The lowest BCUT2D eigenvalue weighted by molar-refractivity contribution is 0.392. The zero-order valence-corrected chi connectivity index (χ0v) is 18.9. The van der Waals surface area contributed by atoms with Crippen molar-refractivity contribution in [1.29, 1.82) is 0 Å². The first-order valence-corrected chi connectivity index (χ1v) is 9.84. The van der Waals surface area contributed by atoms with Crippen LogP contribution in [0, 0.1) is 6.92 Å². The van der Waals surface area contributed by atoms with Gasteiger partial charge in [-0.1, -0.05) is 6.07 Å². The molecule has 2 heterocycles. The van der Waals surface area contributed by atoms with E-state index in [1.54, 1.807) is 7.05 Å². The normalized spacial score (nSPS) is 18.6. The van der Waals surface area contributed by atoms with Crippen molar-refractivity contribution in [1.82, 2.24) is 25.4 Å². The minimum atomic E-state index is 0. The summed E-state index contributed by atoms with van der Waals surface area (Å²) in [5.74, 6) is 3.03. The Morgan fingerprint density at radius 1 is 1.29 bits per heavy atom. The minimum Gasteiger partial charge on any atom is -0.508 e. The number of aliphatic imine (C=N–C) groups is 1. The molecule has 152 valence electrons. The van der Waals surface area contributed by atoms with Gasteiger partial charge in [0.25, 0.3) is 0 Å². The smallest absolute Gasteiger partial charge is 0.191 e. The number of phenolic OH excluding ortho intramolecular Hbond substituents is 1. The van der Waals surface area contributed by atoms with Gasteiger partial charge in [-0.15, -0.1) is 24.0 Å². The van der Waals surface area contributed by atoms with Gasteiger partial charge in [-0.25, -0.2) is 9.67 Å². The molecule has 1 aromatic carbocycles. The molecule has 0 fully saturated rings. The standard InChI is InChI=1S/C20H28N6O.HI/c1-13-23-19-10-8-15(12-26(19)25-13)24-20(21-2)22-11-17-16-6-4-3-5-14(16)7-9-18(17)27;/h7,9,15,27H,3-6,8,10-12H2,1-2H3,(H2,21,22,24);1H. The molecule has 0 bridgehead atoms. The molecule has 1 aliphatic heterocycles.